The van der Waals surface area contributed by atoms with Crippen LogP contribution >= 0.6 is 12.4 Å². The lowest BCUT2D eigenvalue weighted by atomic mass is 9.99. The van der Waals surface area contributed by atoms with Crippen LogP contribution in [0.25, 0.3) is 0 Å². The first-order chi connectivity index (χ1) is 8.72. The summed E-state index contributed by atoms with van der Waals surface area (Å²) >= 11 is 0. The molecule has 0 spiro atoms. The fourth-order valence-corrected chi connectivity index (χ4v) is 2.47. The van der Waals surface area contributed by atoms with Crippen molar-refractivity contribution in [2.75, 3.05) is 26.3 Å². The lowest BCUT2D eigenvalue weighted by Gasteiger charge is -2.33. The Hall–Kier alpha value is -0.900. The molecule has 0 radical (unpaired) electrons. The van der Waals surface area contributed by atoms with Gasteiger partial charge >= 0.3 is 0 Å². The van der Waals surface area contributed by atoms with Crippen LogP contribution in [0.4, 0.5) is 0 Å². The number of rotatable bonds is 4. The molecule has 1 aliphatic rings. The predicted octanol–water partition coefficient (Wildman–Crippen LogP) is 2.63. The zero-order chi connectivity index (χ0) is 13.0. The molecule has 0 aliphatic carbocycles. The lowest BCUT2D eigenvalue weighted by molar-refractivity contribution is -0.124. The molecule has 1 aromatic carbocycles. The molecule has 0 aromatic heterocycles. The number of ketones is 1. The monoisotopic (exact) mass is 283 g/mol. The topological polar surface area (TPSA) is 29.5 Å². The minimum absolute atomic E-state index is 0. The van der Waals surface area contributed by atoms with Crippen molar-refractivity contribution in [3.05, 3.63) is 35.4 Å². The third-order valence-corrected chi connectivity index (χ3v) is 3.50. The van der Waals surface area contributed by atoms with Crippen molar-refractivity contribution in [3.8, 4) is 0 Å². The van der Waals surface area contributed by atoms with Gasteiger partial charge < -0.3 is 4.74 Å². The van der Waals surface area contributed by atoms with E-state index >= 15 is 0 Å². The molecule has 4 heteroatoms. The second-order valence-corrected chi connectivity index (χ2v) is 4.76. The average Bonchev–Trinajstić information content (AvgIpc) is 2.40. The van der Waals surface area contributed by atoms with Crippen molar-refractivity contribution in [2.45, 2.75) is 26.3 Å². The van der Waals surface area contributed by atoms with Gasteiger partial charge in [-0.25, -0.2) is 0 Å². The summed E-state index contributed by atoms with van der Waals surface area (Å²) in [4.78, 5) is 14.1. The van der Waals surface area contributed by atoms with Crippen molar-refractivity contribution in [2.24, 2.45) is 0 Å². The molecule has 1 aromatic rings. The fraction of sp³-hybridized carbons (Fsp3) is 0.533. The van der Waals surface area contributed by atoms with Gasteiger partial charge in [0, 0.05) is 13.1 Å². The van der Waals surface area contributed by atoms with Crippen molar-refractivity contribution in [1.82, 2.24) is 4.90 Å². The van der Waals surface area contributed by atoms with Gasteiger partial charge in [-0.05, 0) is 24.5 Å². The van der Waals surface area contributed by atoms with E-state index in [4.69, 9.17) is 4.74 Å². The van der Waals surface area contributed by atoms with Crippen LogP contribution < -0.4 is 0 Å². The van der Waals surface area contributed by atoms with Crippen LogP contribution in [0, 0.1) is 0 Å². The van der Waals surface area contributed by atoms with Gasteiger partial charge in [0.25, 0.3) is 0 Å². The molecular formula is C15H22ClNO2. The third-order valence-electron chi connectivity index (χ3n) is 3.50. The molecule has 1 aliphatic heterocycles. The summed E-state index contributed by atoms with van der Waals surface area (Å²) in [5.74, 6) is 0.209. The predicted molar refractivity (Wildman–Crippen MR) is 78.9 cm³/mol. The van der Waals surface area contributed by atoms with E-state index in [0.717, 1.165) is 38.3 Å². The van der Waals surface area contributed by atoms with Gasteiger partial charge in [-0.3, -0.25) is 9.69 Å². The Kier molecular flexibility index (Phi) is 6.49. The van der Waals surface area contributed by atoms with E-state index in [1.807, 2.05) is 0 Å². The second kappa shape index (κ2) is 7.63. The fourth-order valence-electron chi connectivity index (χ4n) is 2.47. The minimum atomic E-state index is -0.111. The van der Waals surface area contributed by atoms with Crippen LogP contribution in [0.1, 0.15) is 31.0 Å². The summed E-state index contributed by atoms with van der Waals surface area (Å²) in [6.07, 6.45) is 1.03. The molecule has 0 amide bonds. The normalized spacial score (nSPS) is 17.6. The Morgan fingerprint density at radius 3 is 2.32 bits per heavy atom. The molecule has 0 saturated carbocycles. The van der Waals surface area contributed by atoms with Crippen molar-refractivity contribution >= 4 is 18.2 Å². The summed E-state index contributed by atoms with van der Waals surface area (Å²) in [6, 6.07) is 8.29. The maximum absolute atomic E-state index is 11.9. The summed E-state index contributed by atoms with van der Waals surface area (Å²) in [6.45, 7) is 6.92. The zero-order valence-electron chi connectivity index (χ0n) is 11.6. The molecule has 1 fully saturated rings. The summed E-state index contributed by atoms with van der Waals surface area (Å²) in [5.41, 5.74) is 2.41. The number of nitrogens with zero attached hydrogens (tertiary/aromatic N) is 1. The molecule has 106 valence electrons. The van der Waals surface area contributed by atoms with Gasteiger partial charge in [0.15, 0.2) is 5.78 Å². The Morgan fingerprint density at radius 1 is 1.26 bits per heavy atom. The SMILES string of the molecule is CCc1ccc(C(C(C)=O)N2CCOCC2)cc1.Cl. The molecule has 1 heterocycles. The minimum Gasteiger partial charge on any atom is -0.379 e. The Balaban J connectivity index is 0.00000180. The molecule has 0 N–H and O–H groups in total. The van der Waals surface area contributed by atoms with Crippen molar-refractivity contribution in [3.63, 3.8) is 0 Å². The van der Waals surface area contributed by atoms with Gasteiger partial charge in [0.1, 0.15) is 0 Å². The average molecular weight is 284 g/mol. The molecule has 1 unspecified atom stereocenters. The van der Waals surface area contributed by atoms with E-state index in [9.17, 15) is 4.79 Å². The number of hydrogen-bond acceptors (Lipinski definition) is 3. The van der Waals surface area contributed by atoms with Gasteiger partial charge in [-0.15, -0.1) is 12.4 Å². The summed E-state index contributed by atoms with van der Waals surface area (Å²) in [7, 11) is 0. The number of ether oxygens (including phenoxy) is 1. The van der Waals surface area contributed by atoms with Crippen LogP contribution in [0.2, 0.25) is 0 Å². The number of morpholine rings is 1. The van der Waals surface area contributed by atoms with Crippen LogP contribution in [0.5, 0.6) is 0 Å². The molecular weight excluding hydrogens is 262 g/mol. The quantitative estimate of drug-likeness (QED) is 0.851. The Bertz CT molecular complexity index is 399. The van der Waals surface area contributed by atoms with Crippen molar-refractivity contribution < 1.29 is 9.53 Å². The number of benzene rings is 1. The number of hydrogen-bond donors (Lipinski definition) is 0. The van der Waals surface area contributed by atoms with Gasteiger partial charge in [-0.2, -0.15) is 0 Å². The van der Waals surface area contributed by atoms with Crippen LogP contribution in [0.3, 0.4) is 0 Å². The largest absolute Gasteiger partial charge is 0.379 e. The molecule has 0 bridgehead atoms. The number of carbonyl (C=O) groups excluding carboxylic acids is 1. The molecule has 2 rings (SSSR count). The molecule has 1 atom stereocenters. The van der Waals surface area contributed by atoms with E-state index in [2.05, 4.69) is 36.1 Å². The van der Waals surface area contributed by atoms with Crippen LogP contribution in [0.15, 0.2) is 24.3 Å². The van der Waals surface area contributed by atoms with Gasteiger partial charge in [-0.1, -0.05) is 31.2 Å². The highest BCUT2D eigenvalue weighted by Crippen LogP contribution is 2.23. The summed E-state index contributed by atoms with van der Waals surface area (Å²) < 4.78 is 5.35. The van der Waals surface area contributed by atoms with E-state index in [1.54, 1.807) is 6.92 Å². The zero-order valence-corrected chi connectivity index (χ0v) is 12.4. The second-order valence-electron chi connectivity index (χ2n) is 4.76. The number of aryl methyl sites for hydroxylation is 1. The smallest absolute Gasteiger partial charge is 0.151 e. The number of halogens is 1. The highest BCUT2D eigenvalue weighted by Gasteiger charge is 2.26. The number of carbonyl (C=O) groups is 1. The van der Waals surface area contributed by atoms with Crippen LogP contribution in [-0.2, 0) is 16.0 Å². The molecule has 19 heavy (non-hydrogen) atoms. The summed E-state index contributed by atoms with van der Waals surface area (Å²) in [5, 5.41) is 0. The first kappa shape index (κ1) is 16.2. The first-order valence-electron chi connectivity index (χ1n) is 6.63. The number of Topliss-reactive ketones (excluding diaryl/α,β-unsaturated/α-hetero) is 1. The Labute approximate surface area is 121 Å². The van der Waals surface area contributed by atoms with Crippen LogP contribution in [-0.4, -0.2) is 37.0 Å². The van der Waals surface area contributed by atoms with E-state index in [-0.39, 0.29) is 24.2 Å². The lowest BCUT2D eigenvalue weighted by Crippen LogP contribution is -2.41. The van der Waals surface area contributed by atoms with Gasteiger partial charge in [0.2, 0.25) is 0 Å². The van der Waals surface area contributed by atoms with E-state index in [0.29, 0.717) is 0 Å². The standard InChI is InChI=1S/C15H21NO2.ClH/c1-3-13-4-6-14(7-5-13)15(12(2)17)16-8-10-18-11-9-16;/h4-7,15H,3,8-11H2,1-2H3;1H. The van der Waals surface area contributed by atoms with E-state index in [1.165, 1.54) is 5.56 Å². The van der Waals surface area contributed by atoms with Crippen molar-refractivity contribution in [1.29, 1.82) is 0 Å². The maximum Gasteiger partial charge on any atom is 0.151 e. The maximum atomic E-state index is 11.9. The third kappa shape index (κ3) is 4.03. The molecule has 1 saturated heterocycles. The highest BCUT2D eigenvalue weighted by atomic mass is 35.5. The highest BCUT2D eigenvalue weighted by molar-refractivity contribution is 5.85. The Morgan fingerprint density at radius 2 is 1.84 bits per heavy atom. The van der Waals surface area contributed by atoms with E-state index < -0.39 is 0 Å². The van der Waals surface area contributed by atoms with Gasteiger partial charge in [0.05, 0.1) is 19.3 Å². The molecule has 3 nitrogen and oxygen atoms in total. The first-order valence-corrected chi connectivity index (χ1v) is 6.63.